The molecule has 9 nitrogen and oxygen atoms in total. The fourth-order valence-corrected chi connectivity index (χ4v) is 5.27. The third-order valence-corrected chi connectivity index (χ3v) is 6.96. The van der Waals surface area contributed by atoms with Gasteiger partial charge in [0, 0.05) is 26.7 Å². The summed E-state index contributed by atoms with van der Waals surface area (Å²) in [5.41, 5.74) is 2.92. The maximum absolute atomic E-state index is 13.8. The van der Waals surface area contributed by atoms with Crippen LogP contribution in [0.1, 0.15) is 37.9 Å². The van der Waals surface area contributed by atoms with Crippen LogP contribution in [0, 0.1) is 0 Å². The number of hydrogen-bond donors (Lipinski definition) is 0. The normalized spacial score (nSPS) is 15.0. The van der Waals surface area contributed by atoms with Crippen molar-refractivity contribution in [2.24, 2.45) is 4.99 Å². The number of esters is 2. The van der Waals surface area contributed by atoms with Crippen molar-refractivity contribution in [3.63, 3.8) is 0 Å². The van der Waals surface area contributed by atoms with E-state index in [0.29, 0.717) is 26.3 Å². The lowest BCUT2D eigenvalue weighted by Crippen LogP contribution is -2.40. The molecule has 2 heterocycles. The molecule has 0 radical (unpaired) electrons. The predicted molar refractivity (Wildman–Crippen MR) is 145 cm³/mol. The van der Waals surface area contributed by atoms with Gasteiger partial charge in [0.1, 0.15) is 0 Å². The Morgan fingerprint density at radius 2 is 1.84 bits per heavy atom. The summed E-state index contributed by atoms with van der Waals surface area (Å²) < 4.78 is 18.0. The van der Waals surface area contributed by atoms with Crippen molar-refractivity contribution in [1.82, 2.24) is 4.57 Å². The fourth-order valence-electron chi connectivity index (χ4n) is 4.22. The minimum Gasteiger partial charge on any atom is -0.493 e. The first-order valence-electron chi connectivity index (χ1n) is 12.0. The van der Waals surface area contributed by atoms with Gasteiger partial charge in [0.15, 0.2) is 16.3 Å². The number of aromatic nitrogens is 1. The molecule has 1 aliphatic heterocycles. The average molecular weight is 536 g/mol. The second-order valence-corrected chi connectivity index (χ2v) is 9.80. The largest absolute Gasteiger partial charge is 0.493 e. The van der Waals surface area contributed by atoms with Crippen molar-refractivity contribution in [1.29, 1.82) is 0 Å². The number of methoxy groups -OCH3 is 1. The summed E-state index contributed by atoms with van der Waals surface area (Å²) in [5.74, 6) is -0.532. The average Bonchev–Trinajstić information content (AvgIpc) is 3.17. The van der Waals surface area contributed by atoms with Crippen LogP contribution in [0.15, 0.2) is 63.5 Å². The number of nitrogens with zero attached hydrogens (tertiary/aromatic N) is 3. The summed E-state index contributed by atoms with van der Waals surface area (Å²) >= 11 is 1.25. The monoisotopic (exact) mass is 535 g/mol. The van der Waals surface area contributed by atoms with Crippen molar-refractivity contribution in [3.8, 4) is 11.5 Å². The van der Waals surface area contributed by atoms with Crippen LogP contribution in [0.4, 0.5) is 5.69 Å². The molecule has 0 unspecified atom stereocenters. The Kier molecular flexibility index (Phi) is 7.82. The predicted octanol–water partition coefficient (Wildman–Crippen LogP) is 2.80. The first kappa shape index (κ1) is 26.9. The summed E-state index contributed by atoms with van der Waals surface area (Å²) in [7, 11) is 5.38. The number of fused-ring (bicyclic) bond motifs is 1. The zero-order valence-corrected chi connectivity index (χ0v) is 22.9. The van der Waals surface area contributed by atoms with Crippen LogP contribution in [-0.4, -0.2) is 44.3 Å². The minimum absolute atomic E-state index is 0.171. The molecule has 4 rings (SSSR count). The van der Waals surface area contributed by atoms with Gasteiger partial charge in [0.2, 0.25) is 0 Å². The number of allylic oxidation sites excluding steroid dienone is 1. The van der Waals surface area contributed by atoms with E-state index in [2.05, 4.69) is 4.99 Å². The molecular weight excluding hydrogens is 506 g/mol. The van der Waals surface area contributed by atoms with Crippen LogP contribution in [-0.2, 0) is 14.3 Å². The zero-order valence-electron chi connectivity index (χ0n) is 22.1. The lowest BCUT2D eigenvalue weighted by Gasteiger charge is -2.25. The first-order chi connectivity index (χ1) is 18.1. The van der Waals surface area contributed by atoms with Crippen LogP contribution in [0.25, 0.3) is 6.08 Å². The molecule has 1 aliphatic rings. The van der Waals surface area contributed by atoms with Gasteiger partial charge in [0.25, 0.3) is 5.56 Å². The summed E-state index contributed by atoms with van der Waals surface area (Å²) in [4.78, 5) is 45.5. The Balaban J connectivity index is 1.91. The van der Waals surface area contributed by atoms with Gasteiger partial charge in [-0.1, -0.05) is 29.5 Å². The van der Waals surface area contributed by atoms with E-state index < -0.39 is 18.0 Å². The molecule has 38 heavy (non-hydrogen) atoms. The van der Waals surface area contributed by atoms with Crippen LogP contribution in [0.5, 0.6) is 11.5 Å². The Morgan fingerprint density at radius 1 is 1.13 bits per heavy atom. The molecule has 1 aromatic heterocycles. The molecule has 3 aromatic rings. The second kappa shape index (κ2) is 11.1. The topological polar surface area (TPSA) is 99.4 Å². The molecule has 2 aromatic carbocycles. The highest BCUT2D eigenvalue weighted by atomic mass is 32.1. The second-order valence-electron chi connectivity index (χ2n) is 8.79. The molecule has 0 saturated carbocycles. The zero-order chi connectivity index (χ0) is 27.6. The Labute approximate surface area is 223 Å². The molecule has 198 valence electrons. The Morgan fingerprint density at radius 3 is 2.45 bits per heavy atom. The molecule has 0 amide bonds. The van der Waals surface area contributed by atoms with E-state index in [1.807, 2.05) is 49.3 Å². The van der Waals surface area contributed by atoms with Crippen molar-refractivity contribution in [2.45, 2.75) is 26.8 Å². The van der Waals surface area contributed by atoms with Crippen LogP contribution < -0.4 is 29.3 Å². The lowest BCUT2D eigenvalue weighted by molar-refractivity contribution is -0.139. The van der Waals surface area contributed by atoms with E-state index in [1.54, 1.807) is 32.0 Å². The van der Waals surface area contributed by atoms with Gasteiger partial charge in [-0.3, -0.25) is 14.2 Å². The summed E-state index contributed by atoms with van der Waals surface area (Å²) in [6.07, 6.45) is 1.81. The van der Waals surface area contributed by atoms with Gasteiger partial charge in [-0.25, -0.2) is 9.79 Å². The summed E-state index contributed by atoms with van der Waals surface area (Å²) in [6.45, 7) is 4.91. The Hall–Kier alpha value is -4.18. The van der Waals surface area contributed by atoms with Crippen molar-refractivity contribution in [3.05, 3.63) is 84.5 Å². The number of thiazole rings is 1. The van der Waals surface area contributed by atoms with Gasteiger partial charge >= 0.3 is 11.9 Å². The number of carbonyl (C=O) groups is 2. The molecule has 1 atom stereocenters. The third kappa shape index (κ3) is 5.26. The standard InChI is InChI=1S/C28H29N3O6S/c1-7-36-27(34)24-16(2)29-28-31(25(24)19-10-13-21(37-17(3)32)22(15-19)35-6)26(33)23(38-28)14-18-8-11-20(12-9-18)30(4)5/h8-15,25H,7H2,1-6H3/t25-/m1/s1. The van der Waals surface area contributed by atoms with Crippen LogP contribution in [0.3, 0.4) is 0 Å². The number of anilines is 1. The fraction of sp³-hybridized carbons (Fsp3) is 0.286. The van der Waals surface area contributed by atoms with E-state index in [-0.39, 0.29) is 23.5 Å². The van der Waals surface area contributed by atoms with Crippen LogP contribution >= 0.6 is 11.3 Å². The SMILES string of the molecule is CCOC(=O)C1=C(C)N=c2sc(=Cc3ccc(N(C)C)cc3)c(=O)n2[C@@H]1c1ccc(OC(C)=O)c(OC)c1. The minimum atomic E-state index is -0.816. The van der Waals surface area contributed by atoms with Crippen molar-refractivity contribution < 1.29 is 23.8 Å². The van der Waals surface area contributed by atoms with E-state index in [1.165, 1.54) is 29.9 Å². The van der Waals surface area contributed by atoms with E-state index in [9.17, 15) is 14.4 Å². The number of benzene rings is 2. The maximum Gasteiger partial charge on any atom is 0.338 e. The van der Waals surface area contributed by atoms with Gasteiger partial charge < -0.3 is 19.1 Å². The molecule has 0 N–H and O–H groups in total. The highest BCUT2D eigenvalue weighted by Crippen LogP contribution is 2.36. The smallest absolute Gasteiger partial charge is 0.338 e. The van der Waals surface area contributed by atoms with Crippen molar-refractivity contribution in [2.75, 3.05) is 32.7 Å². The highest BCUT2D eigenvalue weighted by Gasteiger charge is 2.34. The molecule has 0 fully saturated rings. The maximum atomic E-state index is 13.8. The molecule has 0 bridgehead atoms. The van der Waals surface area contributed by atoms with Gasteiger partial charge in [-0.2, -0.15) is 0 Å². The first-order valence-corrected chi connectivity index (χ1v) is 12.8. The number of rotatable bonds is 7. The highest BCUT2D eigenvalue weighted by molar-refractivity contribution is 7.07. The van der Waals surface area contributed by atoms with Crippen LogP contribution in [0.2, 0.25) is 0 Å². The van der Waals surface area contributed by atoms with E-state index in [0.717, 1.165) is 11.3 Å². The molecule has 0 aliphatic carbocycles. The van der Waals surface area contributed by atoms with E-state index >= 15 is 0 Å². The van der Waals surface area contributed by atoms with Crippen molar-refractivity contribution >= 4 is 35.0 Å². The summed E-state index contributed by atoms with van der Waals surface area (Å²) in [6, 6.07) is 12.0. The Bertz CT molecular complexity index is 1600. The van der Waals surface area contributed by atoms with E-state index in [4.69, 9.17) is 14.2 Å². The lowest BCUT2D eigenvalue weighted by atomic mass is 9.95. The molecular formula is C28H29N3O6S. The van der Waals surface area contributed by atoms with Gasteiger partial charge in [-0.05, 0) is 55.3 Å². The summed E-state index contributed by atoms with van der Waals surface area (Å²) in [5, 5.41) is 0. The molecule has 10 heteroatoms. The number of carbonyl (C=O) groups excluding carboxylic acids is 2. The molecule has 0 spiro atoms. The third-order valence-electron chi connectivity index (χ3n) is 5.98. The number of ether oxygens (including phenoxy) is 3. The van der Waals surface area contributed by atoms with Gasteiger partial charge in [0.05, 0.1) is 35.6 Å². The quantitative estimate of drug-likeness (QED) is 0.339. The number of hydrogen-bond acceptors (Lipinski definition) is 9. The van der Waals surface area contributed by atoms with Gasteiger partial charge in [-0.15, -0.1) is 0 Å². The molecule has 0 saturated heterocycles.